The Kier molecular flexibility index (Phi) is 6.10. The molecule has 8 heteroatoms. The van der Waals surface area contributed by atoms with E-state index in [0.717, 1.165) is 5.56 Å². The molecule has 3 aromatic rings. The van der Waals surface area contributed by atoms with Gasteiger partial charge in [-0.05, 0) is 55.5 Å². The van der Waals surface area contributed by atoms with E-state index in [1.807, 2.05) is 6.92 Å². The molecule has 0 radical (unpaired) electrons. The maximum Gasteiger partial charge on any atom is 0.265 e. The Morgan fingerprint density at radius 2 is 1.69 bits per heavy atom. The van der Waals surface area contributed by atoms with Crippen LogP contribution in [0.5, 0.6) is 5.75 Å². The predicted molar refractivity (Wildman–Crippen MR) is 114 cm³/mol. The zero-order chi connectivity index (χ0) is 21.0. The molecule has 1 amide bonds. The van der Waals surface area contributed by atoms with Gasteiger partial charge in [-0.2, -0.15) is 0 Å². The summed E-state index contributed by atoms with van der Waals surface area (Å²) in [4.78, 5) is 12.5. The first kappa shape index (κ1) is 20.7. The van der Waals surface area contributed by atoms with Gasteiger partial charge in [-0.3, -0.25) is 9.52 Å². The molecular formula is C21H19ClN2O4S. The van der Waals surface area contributed by atoms with Crippen molar-refractivity contribution in [3.8, 4) is 5.75 Å². The van der Waals surface area contributed by atoms with Crippen LogP contribution in [0, 0.1) is 6.92 Å². The lowest BCUT2D eigenvalue weighted by Gasteiger charge is -2.13. The van der Waals surface area contributed by atoms with E-state index in [2.05, 4.69) is 10.0 Å². The number of aryl methyl sites for hydroxylation is 1. The number of sulfonamides is 1. The second-order valence-electron chi connectivity index (χ2n) is 6.30. The van der Waals surface area contributed by atoms with Crippen molar-refractivity contribution in [2.24, 2.45) is 0 Å². The quantitative estimate of drug-likeness (QED) is 0.593. The van der Waals surface area contributed by atoms with E-state index in [1.165, 1.54) is 25.3 Å². The smallest absolute Gasteiger partial charge is 0.265 e. The fourth-order valence-electron chi connectivity index (χ4n) is 2.63. The van der Waals surface area contributed by atoms with Gasteiger partial charge in [0.2, 0.25) is 0 Å². The van der Waals surface area contributed by atoms with Gasteiger partial charge in [0.25, 0.3) is 15.9 Å². The molecule has 3 rings (SSSR count). The zero-order valence-corrected chi connectivity index (χ0v) is 17.3. The number of rotatable bonds is 6. The van der Waals surface area contributed by atoms with Crippen molar-refractivity contribution in [1.29, 1.82) is 0 Å². The van der Waals surface area contributed by atoms with Gasteiger partial charge in [0, 0.05) is 22.0 Å². The van der Waals surface area contributed by atoms with Gasteiger partial charge in [0.05, 0.1) is 7.11 Å². The largest absolute Gasteiger partial charge is 0.495 e. The highest BCUT2D eigenvalue weighted by Crippen LogP contribution is 2.27. The van der Waals surface area contributed by atoms with Crippen LogP contribution in [0.2, 0.25) is 5.02 Å². The van der Waals surface area contributed by atoms with E-state index in [9.17, 15) is 13.2 Å². The molecule has 0 aromatic heterocycles. The number of ether oxygens (including phenoxy) is 1. The zero-order valence-electron chi connectivity index (χ0n) is 15.8. The predicted octanol–water partition coefficient (Wildman–Crippen LogP) is 4.71. The van der Waals surface area contributed by atoms with Crippen molar-refractivity contribution in [3.63, 3.8) is 0 Å². The number of carbonyl (C=O) groups is 1. The van der Waals surface area contributed by atoms with Gasteiger partial charge in [-0.15, -0.1) is 0 Å². The van der Waals surface area contributed by atoms with Crippen molar-refractivity contribution in [2.75, 3.05) is 17.1 Å². The van der Waals surface area contributed by atoms with E-state index >= 15 is 0 Å². The number of methoxy groups -OCH3 is 1. The third kappa shape index (κ3) is 5.07. The molecule has 0 spiro atoms. The number of carbonyl (C=O) groups excluding carboxylic acids is 1. The van der Waals surface area contributed by atoms with Crippen molar-refractivity contribution in [1.82, 2.24) is 0 Å². The molecule has 0 unspecified atom stereocenters. The Hall–Kier alpha value is -3.03. The highest BCUT2D eigenvalue weighted by atomic mass is 35.5. The van der Waals surface area contributed by atoms with E-state index in [1.54, 1.807) is 48.5 Å². The van der Waals surface area contributed by atoms with E-state index < -0.39 is 15.9 Å². The molecule has 0 heterocycles. The minimum atomic E-state index is -3.98. The summed E-state index contributed by atoms with van der Waals surface area (Å²) in [7, 11) is -2.61. The Labute approximate surface area is 174 Å². The molecule has 6 nitrogen and oxygen atoms in total. The lowest BCUT2D eigenvalue weighted by molar-refractivity contribution is 0.102. The summed E-state index contributed by atoms with van der Waals surface area (Å²) in [5.74, 6) is -0.342. The molecule has 0 aliphatic heterocycles. The first-order valence-electron chi connectivity index (χ1n) is 8.63. The monoisotopic (exact) mass is 430 g/mol. The molecule has 0 aliphatic rings. The Balaban J connectivity index is 1.91. The van der Waals surface area contributed by atoms with Gasteiger partial charge < -0.3 is 10.1 Å². The van der Waals surface area contributed by atoms with Crippen molar-refractivity contribution in [3.05, 3.63) is 82.9 Å². The molecule has 0 fully saturated rings. The average Bonchev–Trinajstić information content (AvgIpc) is 2.69. The highest BCUT2D eigenvalue weighted by Gasteiger charge is 2.22. The lowest BCUT2D eigenvalue weighted by atomic mass is 10.2. The van der Waals surface area contributed by atoms with Crippen LogP contribution in [-0.2, 0) is 10.0 Å². The van der Waals surface area contributed by atoms with Crippen LogP contribution in [0.25, 0.3) is 0 Å². The maximum absolute atomic E-state index is 12.9. The third-order valence-electron chi connectivity index (χ3n) is 4.10. The summed E-state index contributed by atoms with van der Waals surface area (Å²) in [5.41, 5.74) is 2.08. The van der Waals surface area contributed by atoms with E-state index in [-0.39, 0.29) is 16.2 Å². The molecular weight excluding hydrogens is 412 g/mol. The Morgan fingerprint density at radius 1 is 0.966 bits per heavy atom. The summed E-state index contributed by atoms with van der Waals surface area (Å²) in [6.45, 7) is 1.91. The Bertz CT molecular complexity index is 1150. The van der Waals surface area contributed by atoms with Crippen LogP contribution < -0.4 is 14.8 Å². The number of nitrogens with one attached hydrogen (secondary N) is 2. The molecule has 0 atom stereocenters. The first-order chi connectivity index (χ1) is 13.8. The van der Waals surface area contributed by atoms with Gasteiger partial charge in [-0.1, -0.05) is 35.4 Å². The summed E-state index contributed by atoms with van der Waals surface area (Å²) >= 11 is 5.93. The van der Waals surface area contributed by atoms with Crippen LogP contribution in [-0.4, -0.2) is 21.4 Å². The van der Waals surface area contributed by atoms with E-state index in [4.69, 9.17) is 16.3 Å². The maximum atomic E-state index is 12.9. The summed E-state index contributed by atoms with van der Waals surface area (Å²) in [6.07, 6.45) is 0. The van der Waals surface area contributed by atoms with Gasteiger partial charge in [-0.25, -0.2) is 8.42 Å². The van der Waals surface area contributed by atoms with Gasteiger partial charge >= 0.3 is 0 Å². The molecule has 150 valence electrons. The molecule has 0 saturated carbocycles. The minimum absolute atomic E-state index is 0.129. The number of hydrogen-bond acceptors (Lipinski definition) is 4. The fraction of sp³-hybridized carbons (Fsp3) is 0.0952. The number of halogens is 1. The van der Waals surface area contributed by atoms with Crippen LogP contribution in [0.3, 0.4) is 0 Å². The topological polar surface area (TPSA) is 84.5 Å². The normalized spacial score (nSPS) is 11.0. The highest BCUT2D eigenvalue weighted by molar-refractivity contribution is 7.92. The number of amides is 1. The molecule has 0 aliphatic carbocycles. The number of anilines is 2. The van der Waals surface area contributed by atoms with Gasteiger partial charge in [0.15, 0.2) is 0 Å². The van der Waals surface area contributed by atoms with Crippen LogP contribution >= 0.6 is 11.6 Å². The fourth-order valence-corrected chi connectivity index (χ4v) is 4.07. The second-order valence-corrected chi connectivity index (χ2v) is 8.39. The van der Waals surface area contributed by atoms with Crippen LogP contribution in [0.1, 0.15) is 15.9 Å². The molecule has 29 heavy (non-hydrogen) atoms. The van der Waals surface area contributed by atoms with Crippen LogP contribution in [0.15, 0.2) is 71.6 Å². The number of hydrogen-bond donors (Lipinski definition) is 2. The van der Waals surface area contributed by atoms with Crippen molar-refractivity contribution >= 4 is 38.9 Å². The minimum Gasteiger partial charge on any atom is -0.495 e. The van der Waals surface area contributed by atoms with Gasteiger partial charge in [0.1, 0.15) is 10.6 Å². The SMILES string of the molecule is COc1ccc(C(=O)Nc2cccc(Cl)c2)cc1S(=O)(=O)Nc1ccc(C)cc1. The van der Waals surface area contributed by atoms with E-state index in [0.29, 0.717) is 16.4 Å². The average molecular weight is 431 g/mol. The molecule has 3 aromatic carbocycles. The van der Waals surface area contributed by atoms with Crippen molar-refractivity contribution < 1.29 is 17.9 Å². The molecule has 0 bridgehead atoms. The number of benzene rings is 3. The summed E-state index contributed by atoms with van der Waals surface area (Å²) in [5, 5.41) is 3.17. The Morgan fingerprint density at radius 3 is 2.34 bits per heavy atom. The van der Waals surface area contributed by atoms with Crippen LogP contribution in [0.4, 0.5) is 11.4 Å². The summed E-state index contributed by atoms with van der Waals surface area (Å²) in [6, 6.07) is 17.8. The summed E-state index contributed by atoms with van der Waals surface area (Å²) < 4.78 is 33.5. The van der Waals surface area contributed by atoms with Crippen molar-refractivity contribution in [2.45, 2.75) is 11.8 Å². The second kappa shape index (κ2) is 8.55. The lowest BCUT2D eigenvalue weighted by Crippen LogP contribution is -2.17. The first-order valence-corrected chi connectivity index (χ1v) is 10.5. The molecule has 0 saturated heterocycles. The molecule has 2 N–H and O–H groups in total. The third-order valence-corrected chi connectivity index (χ3v) is 5.74. The standard InChI is InChI=1S/C21H19ClN2O4S/c1-14-6-9-17(10-7-14)24-29(26,27)20-12-15(8-11-19(20)28-2)21(25)23-18-5-3-4-16(22)13-18/h3-13,24H,1-2H3,(H,23,25).